The molecule has 0 spiro atoms. The number of benzene rings is 1. The molecule has 120 valence electrons. The van der Waals surface area contributed by atoms with Crippen molar-refractivity contribution in [1.29, 1.82) is 0 Å². The van der Waals surface area contributed by atoms with Crippen molar-refractivity contribution in [2.24, 2.45) is 5.92 Å². The monoisotopic (exact) mass is 323 g/mol. The van der Waals surface area contributed by atoms with Gasteiger partial charge in [-0.2, -0.15) is 0 Å². The molecule has 0 saturated heterocycles. The van der Waals surface area contributed by atoms with Gasteiger partial charge in [0, 0.05) is 6.16 Å². The van der Waals surface area contributed by atoms with Crippen molar-refractivity contribution in [3.8, 4) is 0 Å². The molecule has 0 heterocycles. The van der Waals surface area contributed by atoms with Gasteiger partial charge in [0.05, 0.1) is 12.6 Å². The van der Waals surface area contributed by atoms with E-state index in [0.29, 0.717) is 12.8 Å². The van der Waals surface area contributed by atoms with Crippen molar-refractivity contribution >= 4 is 13.6 Å². The van der Waals surface area contributed by atoms with E-state index in [2.05, 4.69) is 6.58 Å². The van der Waals surface area contributed by atoms with Gasteiger partial charge in [-0.3, -0.25) is 4.57 Å². The number of amides is 1. The fourth-order valence-electron chi connectivity index (χ4n) is 2.58. The Bertz CT molecular complexity index is 575. The van der Waals surface area contributed by atoms with E-state index in [0.717, 1.165) is 10.2 Å². The Hall–Kier alpha value is -1.58. The molecule has 0 aliphatic heterocycles. The van der Waals surface area contributed by atoms with Crippen LogP contribution in [-0.2, 0) is 15.5 Å². The van der Waals surface area contributed by atoms with Crippen LogP contribution >= 0.6 is 7.52 Å². The van der Waals surface area contributed by atoms with Gasteiger partial charge in [0.25, 0.3) is 0 Å². The highest BCUT2D eigenvalue weighted by molar-refractivity contribution is 7.57. The number of carbonyl (C=O) groups is 1. The van der Waals surface area contributed by atoms with Crippen molar-refractivity contribution < 1.29 is 19.0 Å². The van der Waals surface area contributed by atoms with E-state index in [-0.39, 0.29) is 24.7 Å². The summed E-state index contributed by atoms with van der Waals surface area (Å²) in [5, 5.41) is 9.50. The highest BCUT2D eigenvalue weighted by Gasteiger charge is 2.50. The third-order valence-electron chi connectivity index (χ3n) is 3.80. The van der Waals surface area contributed by atoms with Gasteiger partial charge >= 0.3 is 13.6 Å². The molecule has 22 heavy (non-hydrogen) atoms. The molecule has 1 aliphatic rings. The zero-order valence-electron chi connectivity index (χ0n) is 12.7. The molecule has 1 N–H and O–H groups in total. The molecule has 0 aromatic heterocycles. The molecule has 2 rings (SSSR count). The van der Waals surface area contributed by atoms with Crippen LogP contribution < -0.4 is 0 Å². The van der Waals surface area contributed by atoms with Gasteiger partial charge in [-0.1, -0.05) is 36.4 Å². The second kappa shape index (κ2) is 7.12. The van der Waals surface area contributed by atoms with E-state index < -0.39 is 13.6 Å². The fraction of sp³-hybridized carbons (Fsp3) is 0.438. The lowest BCUT2D eigenvalue weighted by molar-refractivity contribution is 0.160. The normalized spacial score (nSPS) is 22.6. The van der Waals surface area contributed by atoms with Crippen molar-refractivity contribution in [1.82, 2.24) is 4.67 Å². The molecule has 1 saturated carbocycles. The van der Waals surface area contributed by atoms with Crippen LogP contribution in [0.2, 0.25) is 0 Å². The van der Waals surface area contributed by atoms with Gasteiger partial charge in [-0.05, 0) is 31.2 Å². The molecule has 1 aliphatic carbocycles. The van der Waals surface area contributed by atoms with Crippen LogP contribution in [0.3, 0.4) is 0 Å². The van der Waals surface area contributed by atoms with Crippen LogP contribution in [0.4, 0.5) is 4.79 Å². The zero-order chi connectivity index (χ0) is 16.2. The summed E-state index contributed by atoms with van der Waals surface area (Å²) in [6, 6.07) is 9.32. The highest BCUT2D eigenvalue weighted by Crippen LogP contribution is 2.57. The number of nitrogens with zero attached hydrogens (tertiary/aromatic N) is 1. The lowest BCUT2D eigenvalue weighted by Crippen LogP contribution is -2.32. The molecule has 0 radical (unpaired) electrons. The average Bonchev–Trinajstić information content (AvgIpc) is 3.25. The third-order valence-corrected chi connectivity index (χ3v) is 6.38. The van der Waals surface area contributed by atoms with Gasteiger partial charge in [-0.25, -0.2) is 9.46 Å². The van der Waals surface area contributed by atoms with Crippen LogP contribution in [0.15, 0.2) is 43.0 Å². The van der Waals surface area contributed by atoms with Gasteiger partial charge in [0.2, 0.25) is 0 Å². The summed E-state index contributed by atoms with van der Waals surface area (Å²) in [7, 11) is -3.41. The van der Waals surface area contributed by atoms with Crippen LogP contribution in [0.5, 0.6) is 0 Å². The van der Waals surface area contributed by atoms with E-state index in [4.69, 9.17) is 4.52 Å². The molecule has 1 aromatic rings. The zero-order valence-corrected chi connectivity index (χ0v) is 13.6. The fourth-order valence-corrected chi connectivity index (χ4v) is 4.98. The van der Waals surface area contributed by atoms with Crippen molar-refractivity contribution in [2.45, 2.75) is 25.8 Å². The maximum atomic E-state index is 13.2. The number of aryl methyl sites for hydroxylation is 1. The van der Waals surface area contributed by atoms with E-state index in [1.807, 2.05) is 30.3 Å². The molecule has 1 aromatic carbocycles. The second-order valence-electron chi connectivity index (χ2n) is 5.34. The molecular formula is C16H22NO4P. The number of hydrogen-bond acceptors (Lipinski definition) is 3. The highest BCUT2D eigenvalue weighted by atomic mass is 31.2. The maximum absolute atomic E-state index is 13.2. The Kier molecular flexibility index (Phi) is 5.43. The van der Waals surface area contributed by atoms with Gasteiger partial charge in [-0.15, -0.1) is 6.58 Å². The average molecular weight is 323 g/mol. The Morgan fingerprint density at radius 2 is 2.18 bits per heavy atom. The predicted molar refractivity (Wildman–Crippen MR) is 86.2 cm³/mol. The minimum atomic E-state index is -3.41. The summed E-state index contributed by atoms with van der Waals surface area (Å²) < 4.78 is 19.6. The first-order valence-corrected chi connectivity index (χ1v) is 9.21. The minimum absolute atomic E-state index is 0.0709. The first-order chi connectivity index (χ1) is 10.5. The molecule has 3 atom stereocenters. The SMILES string of the molecule is C=CC1C[C@@H]1N(C(=O)O)P(=O)(CCc1ccccc1)OCC. The summed E-state index contributed by atoms with van der Waals surface area (Å²) in [5.74, 6) is 0.0709. The first kappa shape index (κ1) is 16.8. The molecule has 1 amide bonds. The molecule has 2 unspecified atom stereocenters. The number of rotatable bonds is 8. The summed E-state index contributed by atoms with van der Waals surface area (Å²) in [5.41, 5.74) is 1.02. The standard InChI is InChI=1S/C16H22NO4P/c1-3-14-12-15(14)17(16(18)19)22(20,21-4-2)11-10-13-8-6-5-7-9-13/h3,5-9,14-15H,1,4,10-12H2,2H3,(H,18,19)/t14?,15-,22?/m0/s1. The van der Waals surface area contributed by atoms with E-state index >= 15 is 0 Å². The summed E-state index contributed by atoms with van der Waals surface area (Å²) in [6.45, 7) is 5.64. The number of carboxylic acid groups (broad SMARTS) is 1. The third kappa shape index (κ3) is 3.79. The predicted octanol–water partition coefficient (Wildman–Crippen LogP) is 4.01. The molecule has 1 fully saturated rings. The Balaban J connectivity index is 2.16. The van der Waals surface area contributed by atoms with Crippen molar-refractivity contribution in [3.63, 3.8) is 0 Å². The van der Waals surface area contributed by atoms with E-state index in [1.165, 1.54) is 0 Å². The largest absolute Gasteiger partial charge is 0.465 e. The lowest BCUT2D eigenvalue weighted by atomic mass is 10.2. The summed E-state index contributed by atoms with van der Waals surface area (Å²) >= 11 is 0. The Labute approximate surface area is 131 Å². The molecule has 5 nitrogen and oxygen atoms in total. The van der Waals surface area contributed by atoms with Gasteiger partial charge < -0.3 is 9.63 Å². The second-order valence-corrected chi connectivity index (χ2v) is 7.76. The summed E-state index contributed by atoms with van der Waals surface area (Å²) in [4.78, 5) is 11.6. The molecule has 6 heteroatoms. The van der Waals surface area contributed by atoms with Crippen molar-refractivity contribution in [3.05, 3.63) is 48.6 Å². The van der Waals surface area contributed by atoms with Gasteiger partial charge in [0.1, 0.15) is 0 Å². The van der Waals surface area contributed by atoms with Crippen LogP contribution in [-0.4, -0.2) is 34.7 Å². The van der Waals surface area contributed by atoms with E-state index in [1.54, 1.807) is 13.0 Å². The van der Waals surface area contributed by atoms with Crippen LogP contribution in [0.1, 0.15) is 18.9 Å². The minimum Gasteiger partial charge on any atom is -0.465 e. The Morgan fingerprint density at radius 3 is 2.68 bits per heavy atom. The maximum Gasteiger partial charge on any atom is 0.414 e. The first-order valence-electron chi connectivity index (χ1n) is 7.44. The van der Waals surface area contributed by atoms with E-state index in [9.17, 15) is 14.5 Å². The van der Waals surface area contributed by atoms with Gasteiger partial charge in [0.15, 0.2) is 0 Å². The number of hydrogen-bond donors (Lipinski definition) is 1. The van der Waals surface area contributed by atoms with Crippen LogP contribution in [0, 0.1) is 5.92 Å². The topological polar surface area (TPSA) is 66.8 Å². The summed E-state index contributed by atoms with van der Waals surface area (Å²) in [6.07, 6.45) is 1.91. The lowest BCUT2D eigenvalue weighted by Gasteiger charge is -2.29. The molecular weight excluding hydrogens is 301 g/mol. The Morgan fingerprint density at radius 1 is 1.50 bits per heavy atom. The van der Waals surface area contributed by atoms with Crippen LogP contribution in [0.25, 0.3) is 0 Å². The quantitative estimate of drug-likeness (QED) is 0.580. The molecule has 0 bridgehead atoms. The van der Waals surface area contributed by atoms with Crippen molar-refractivity contribution in [2.75, 3.05) is 12.8 Å². The smallest absolute Gasteiger partial charge is 0.414 e.